The van der Waals surface area contributed by atoms with Crippen LogP contribution in [0.5, 0.6) is 0 Å². The van der Waals surface area contributed by atoms with Crippen molar-refractivity contribution >= 4 is 12.9 Å². The second-order valence-electron chi connectivity index (χ2n) is 3.47. The normalized spacial score (nSPS) is 11.9. The van der Waals surface area contributed by atoms with Crippen molar-refractivity contribution in [1.29, 1.82) is 0 Å². The van der Waals surface area contributed by atoms with Crippen LogP contribution in [0.1, 0.15) is 13.8 Å². The molecule has 7 heteroatoms. The summed E-state index contributed by atoms with van der Waals surface area (Å²) in [5.74, 6) is -0.262. The highest BCUT2D eigenvalue weighted by molar-refractivity contribution is 6.58. The van der Waals surface area contributed by atoms with Crippen LogP contribution in [0.2, 0.25) is 0 Å². The first-order valence-electron chi connectivity index (χ1n) is 4.97. The number of likely N-dealkylation sites (N-methyl/N-ethyl adjacent to an activating group) is 2. The van der Waals surface area contributed by atoms with Crippen molar-refractivity contribution < 1.29 is 17.7 Å². The van der Waals surface area contributed by atoms with Crippen LogP contribution in [0.25, 0.3) is 0 Å². The van der Waals surface area contributed by atoms with E-state index in [2.05, 4.69) is 0 Å². The molecule has 0 saturated heterocycles. The predicted molar refractivity (Wildman–Crippen MR) is 54.5 cm³/mol. The molecule has 0 saturated carbocycles. The van der Waals surface area contributed by atoms with Gasteiger partial charge in [-0.05, 0) is 27.3 Å². The fraction of sp³-hybridized carbons (Fsp3) is 0.875. The summed E-state index contributed by atoms with van der Waals surface area (Å²) >= 11 is 0. The Labute approximate surface area is 88.3 Å². The van der Waals surface area contributed by atoms with E-state index >= 15 is 0 Å². The zero-order valence-corrected chi connectivity index (χ0v) is 9.34. The van der Waals surface area contributed by atoms with Gasteiger partial charge in [-0.1, -0.05) is 0 Å². The molecule has 3 nitrogen and oxygen atoms in total. The number of nitrogens with zero attached hydrogens (tertiary/aromatic N) is 2. The summed E-state index contributed by atoms with van der Waals surface area (Å²) in [6.45, 7) is -0.373. The van der Waals surface area contributed by atoms with Gasteiger partial charge < -0.3 is 22.7 Å². The number of halogens is 3. The van der Waals surface area contributed by atoms with Crippen LogP contribution < -0.4 is 0 Å². The fourth-order valence-electron chi connectivity index (χ4n) is 1.33. The van der Waals surface area contributed by atoms with Crippen molar-refractivity contribution in [2.75, 3.05) is 33.1 Å². The van der Waals surface area contributed by atoms with Crippen molar-refractivity contribution in [3.8, 4) is 0 Å². The highest BCUT2D eigenvalue weighted by atomic mass is 19.4. The smallest absolute Gasteiger partial charge is 0.448 e. The zero-order valence-electron chi connectivity index (χ0n) is 9.34. The third-order valence-electron chi connectivity index (χ3n) is 2.04. The minimum atomic E-state index is -4.85. The maximum absolute atomic E-state index is 12.0. The molecule has 0 atom stereocenters. The largest absolute Gasteiger partial charge is 0.492 e. The fourth-order valence-corrected chi connectivity index (χ4v) is 1.33. The van der Waals surface area contributed by atoms with Gasteiger partial charge in [-0.25, -0.2) is 0 Å². The number of amides is 1. The first-order valence-corrected chi connectivity index (χ1v) is 4.97. The number of carbonyl (C=O) groups excluding carboxylic acids is 1. The lowest BCUT2D eigenvalue weighted by atomic mass is 9.91. The van der Waals surface area contributed by atoms with E-state index in [9.17, 15) is 17.7 Å². The minimum absolute atomic E-state index is 0.178. The number of hydrogen-bond acceptors (Lipinski definition) is 2. The van der Waals surface area contributed by atoms with Gasteiger partial charge in [0.1, 0.15) is 0 Å². The first-order chi connectivity index (χ1) is 6.80. The molecule has 0 aliphatic rings. The molecule has 0 aromatic carbocycles. The minimum Gasteiger partial charge on any atom is -0.448 e. The molecule has 90 valence electrons. The van der Waals surface area contributed by atoms with E-state index in [1.165, 1.54) is 11.9 Å². The quantitative estimate of drug-likeness (QED) is 0.633. The summed E-state index contributed by atoms with van der Waals surface area (Å²) in [4.78, 5) is 13.9. The zero-order chi connectivity index (χ0) is 12.1. The van der Waals surface area contributed by atoms with Crippen LogP contribution in [0.4, 0.5) is 12.9 Å². The highest BCUT2D eigenvalue weighted by Crippen LogP contribution is 2.09. The second-order valence-corrected chi connectivity index (χ2v) is 3.47. The van der Waals surface area contributed by atoms with Crippen LogP contribution in [-0.2, 0) is 4.79 Å². The highest BCUT2D eigenvalue weighted by Gasteiger charge is 2.26. The lowest BCUT2D eigenvalue weighted by Gasteiger charge is -2.26. The SMILES string of the molecule is CCN(CC)C(=O)CN(C)C[B-](F)(F)F. The molecule has 0 spiro atoms. The second kappa shape index (κ2) is 6.00. The predicted octanol–water partition coefficient (Wildman–Crippen LogP) is 1.17. The summed E-state index contributed by atoms with van der Waals surface area (Å²) in [5, 5.41) is 0. The Bertz CT molecular complexity index is 207. The van der Waals surface area contributed by atoms with Gasteiger partial charge in [0.15, 0.2) is 0 Å². The van der Waals surface area contributed by atoms with Crippen molar-refractivity contribution in [2.45, 2.75) is 13.8 Å². The van der Waals surface area contributed by atoms with Gasteiger partial charge in [0.25, 0.3) is 0 Å². The third kappa shape index (κ3) is 6.38. The lowest BCUT2D eigenvalue weighted by molar-refractivity contribution is -0.131. The van der Waals surface area contributed by atoms with Crippen LogP contribution in [0, 0.1) is 0 Å². The van der Waals surface area contributed by atoms with Gasteiger partial charge in [0.2, 0.25) is 5.91 Å². The van der Waals surface area contributed by atoms with Gasteiger partial charge in [-0.15, -0.1) is 0 Å². The van der Waals surface area contributed by atoms with E-state index < -0.39 is 13.4 Å². The number of hydrogen-bond donors (Lipinski definition) is 0. The average Bonchev–Trinajstić information content (AvgIpc) is 2.02. The van der Waals surface area contributed by atoms with E-state index in [1.807, 2.05) is 0 Å². The van der Waals surface area contributed by atoms with E-state index in [4.69, 9.17) is 0 Å². The number of carbonyl (C=O) groups is 1. The molecule has 0 unspecified atom stereocenters. The molecule has 0 aromatic heterocycles. The van der Waals surface area contributed by atoms with Crippen LogP contribution in [-0.4, -0.2) is 55.8 Å². The van der Waals surface area contributed by atoms with Gasteiger partial charge in [0, 0.05) is 13.1 Å². The third-order valence-corrected chi connectivity index (χ3v) is 2.04. The molecule has 0 aliphatic heterocycles. The van der Waals surface area contributed by atoms with E-state index in [-0.39, 0.29) is 12.5 Å². The summed E-state index contributed by atoms with van der Waals surface area (Å²) < 4.78 is 36.1. The van der Waals surface area contributed by atoms with Crippen molar-refractivity contribution in [3.63, 3.8) is 0 Å². The van der Waals surface area contributed by atoms with Gasteiger partial charge in [-0.3, -0.25) is 4.79 Å². The number of rotatable bonds is 6. The van der Waals surface area contributed by atoms with Crippen molar-refractivity contribution in [1.82, 2.24) is 9.80 Å². The summed E-state index contributed by atoms with van der Waals surface area (Å²) in [5.41, 5.74) is 0. The summed E-state index contributed by atoms with van der Waals surface area (Å²) in [6.07, 6.45) is -0.993. The molecule has 0 rings (SSSR count). The standard InChI is InChI=1S/C8H17BF3N2O/c1-4-14(5-2)8(15)6-13(3)7-9(10,11)12/h4-7H2,1-3H3/q-1. The molecule has 0 fully saturated rings. The van der Waals surface area contributed by atoms with Gasteiger partial charge >= 0.3 is 6.98 Å². The molecule has 0 aromatic rings. The molecule has 0 aliphatic carbocycles. The Kier molecular flexibility index (Phi) is 5.71. The van der Waals surface area contributed by atoms with Crippen LogP contribution in [0.15, 0.2) is 0 Å². The maximum atomic E-state index is 12.0. The van der Waals surface area contributed by atoms with Crippen LogP contribution >= 0.6 is 0 Å². The molecular formula is C8H17BF3N2O-. The first kappa shape index (κ1) is 14.3. The Hall–Kier alpha value is -0.715. The molecule has 0 N–H and O–H groups in total. The Balaban J connectivity index is 4.06. The average molecular weight is 225 g/mol. The van der Waals surface area contributed by atoms with Gasteiger partial charge in [-0.2, -0.15) is 0 Å². The molecule has 1 amide bonds. The van der Waals surface area contributed by atoms with Crippen molar-refractivity contribution in [2.24, 2.45) is 0 Å². The molecule has 15 heavy (non-hydrogen) atoms. The summed E-state index contributed by atoms with van der Waals surface area (Å²) in [7, 11) is 1.30. The van der Waals surface area contributed by atoms with Crippen molar-refractivity contribution in [3.05, 3.63) is 0 Å². The Morgan fingerprint density at radius 2 is 1.67 bits per heavy atom. The van der Waals surface area contributed by atoms with Gasteiger partial charge in [0.05, 0.1) is 6.54 Å². The molecule has 0 radical (unpaired) electrons. The molecule has 0 heterocycles. The van der Waals surface area contributed by atoms with E-state index in [0.29, 0.717) is 13.1 Å². The Morgan fingerprint density at radius 1 is 1.20 bits per heavy atom. The molecular weight excluding hydrogens is 208 g/mol. The Morgan fingerprint density at radius 3 is 2.00 bits per heavy atom. The van der Waals surface area contributed by atoms with E-state index in [0.717, 1.165) is 4.90 Å². The van der Waals surface area contributed by atoms with E-state index in [1.54, 1.807) is 13.8 Å². The van der Waals surface area contributed by atoms with Crippen LogP contribution in [0.3, 0.4) is 0 Å². The topological polar surface area (TPSA) is 23.6 Å². The lowest BCUT2D eigenvalue weighted by Crippen LogP contribution is -2.43. The monoisotopic (exact) mass is 225 g/mol. The summed E-state index contributed by atoms with van der Waals surface area (Å²) in [6, 6.07) is 0. The molecule has 0 bridgehead atoms. The maximum Gasteiger partial charge on any atom is 0.492 e.